The minimum Gasteiger partial charge on any atom is -0.395 e. The van der Waals surface area contributed by atoms with Crippen molar-refractivity contribution < 1.29 is 5.11 Å². The molecule has 2 rings (SSSR count). The van der Waals surface area contributed by atoms with Crippen LogP contribution in [0.5, 0.6) is 0 Å². The summed E-state index contributed by atoms with van der Waals surface area (Å²) in [6.07, 6.45) is 3.21. The minimum absolute atomic E-state index is 0.165. The highest BCUT2D eigenvalue weighted by molar-refractivity contribution is 5.59. The monoisotopic (exact) mass is 264 g/mol. The van der Waals surface area contributed by atoms with E-state index in [9.17, 15) is 5.11 Å². The number of anilines is 2. The molecule has 1 aliphatic carbocycles. The predicted octanol–water partition coefficient (Wildman–Crippen LogP) is 1.74. The van der Waals surface area contributed by atoms with Gasteiger partial charge in [-0.15, -0.1) is 0 Å². The molecule has 0 bridgehead atoms. The summed E-state index contributed by atoms with van der Waals surface area (Å²) in [6.45, 7) is 7.86. The van der Waals surface area contributed by atoms with Gasteiger partial charge in [-0.2, -0.15) is 0 Å². The summed E-state index contributed by atoms with van der Waals surface area (Å²) in [7, 11) is 0. The van der Waals surface area contributed by atoms with Gasteiger partial charge in [0.2, 0.25) is 0 Å². The van der Waals surface area contributed by atoms with Gasteiger partial charge in [-0.1, -0.05) is 6.92 Å². The number of aliphatic hydroxyl groups excluding tert-OH is 1. The summed E-state index contributed by atoms with van der Waals surface area (Å²) >= 11 is 0. The van der Waals surface area contributed by atoms with Crippen molar-refractivity contribution in [3.63, 3.8) is 0 Å². The standard InChI is InChI=1S/C14H24N4O/c1-4-12-16-13(15-5-2)10(3)14(17-12)18(8-9-19)11-6-7-11/h11,19H,4-9H2,1-3H3,(H,15,16,17). The molecule has 0 spiro atoms. The van der Waals surface area contributed by atoms with E-state index in [0.29, 0.717) is 12.6 Å². The van der Waals surface area contributed by atoms with E-state index in [1.807, 2.05) is 0 Å². The summed E-state index contributed by atoms with van der Waals surface area (Å²) in [5.74, 6) is 2.77. The van der Waals surface area contributed by atoms with Crippen LogP contribution >= 0.6 is 0 Å². The van der Waals surface area contributed by atoms with Crippen LogP contribution in [0.2, 0.25) is 0 Å². The van der Waals surface area contributed by atoms with Gasteiger partial charge in [0.05, 0.1) is 6.61 Å². The Morgan fingerprint density at radius 1 is 1.32 bits per heavy atom. The lowest BCUT2D eigenvalue weighted by molar-refractivity contribution is 0.301. The fourth-order valence-electron chi connectivity index (χ4n) is 2.28. The highest BCUT2D eigenvalue weighted by Gasteiger charge is 2.31. The molecule has 1 aliphatic rings. The van der Waals surface area contributed by atoms with Crippen molar-refractivity contribution >= 4 is 11.6 Å². The summed E-state index contributed by atoms with van der Waals surface area (Å²) < 4.78 is 0. The van der Waals surface area contributed by atoms with Crippen LogP contribution in [0.3, 0.4) is 0 Å². The molecule has 0 unspecified atom stereocenters. The quantitative estimate of drug-likeness (QED) is 0.785. The zero-order valence-corrected chi connectivity index (χ0v) is 12.1. The van der Waals surface area contributed by atoms with E-state index in [-0.39, 0.29) is 6.61 Å². The molecular formula is C14H24N4O. The third-order valence-electron chi connectivity index (χ3n) is 3.43. The lowest BCUT2D eigenvalue weighted by Crippen LogP contribution is -2.31. The number of aliphatic hydroxyl groups is 1. The Bertz CT molecular complexity index is 432. The van der Waals surface area contributed by atoms with E-state index in [2.05, 4.69) is 41.0 Å². The molecule has 1 aromatic rings. The van der Waals surface area contributed by atoms with Crippen molar-refractivity contribution in [2.45, 2.75) is 46.1 Å². The zero-order valence-electron chi connectivity index (χ0n) is 12.1. The van der Waals surface area contributed by atoms with E-state index in [1.165, 1.54) is 12.8 Å². The average molecular weight is 264 g/mol. The van der Waals surface area contributed by atoms with Crippen LogP contribution in [0.15, 0.2) is 0 Å². The van der Waals surface area contributed by atoms with Crippen LogP contribution in [0.1, 0.15) is 38.1 Å². The number of nitrogens with one attached hydrogen (secondary N) is 1. The molecule has 2 N–H and O–H groups in total. The van der Waals surface area contributed by atoms with Gasteiger partial charge in [0, 0.05) is 31.1 Å². The van der Waals surface area contributed by atoms with Crippen molar-refractivity contribution in [3.05, 3.63) is 11.4 Å². The van der Waals surface area contributed by atoms with E-state index in [4.69, 9.17) is 0 Å². The predicted molar refractivity (Wildman–Crippen MR) is 77.8 cm³/mol. The smallest absolute Gasteiger partial charge is 0.137 e. The van der Waals surface area contributed by atoms with Gasteiger partial charge in [0.1, 0.15) is 17.5 Å². The number of hydrogen-bond donors (Lipinski definition) is 2. The minimum atomic E-state index is 0.165. The molecule has 1 heterocycles. The van der Waals surface area contributed by atoms with Crippen molar-refractivity contribution in [2.24, 2.45) is 0 Å². The highest BCUT2D eigenvalue weighted by Crippen LogP contribution is 2.33. The van der Waals surface area contributed by atoms with Gasteiger partial charge in [-0.05, 0) is 26.7 Å². The molecular weight excluding hydrogens is 240 g/mol. The Balaban J connectivity index is 2.38. The van der Waals surface area contributed by atoms with Gasteiger partial charge >= 0.3 is 0 Å². The van der Waals surface area contributed by atoms with Crippen LogP contribution in [0, 0.1) is 6.92 Å². The Hall–Kier alpha value is -1.36. The van der Waals surface area contributed by atoms with Crippen molar-refractivity contribution in [3.8, 4) is 0 Å². The number of nitrogens with zero attached hydrogens (tertiary/aromatic N) is 3. The molecule has 1 saturated carbocycles. The van der Waals surface area contributed by atoms with E-state index in [1.54, 1.807) is 0 Å². The molecule has 0 amide bonds. The molecule has 19 heavy (non-hydrogen) atoms. The number of aryl methyl sites for hydroxylation is 1. The van der Waals surface area contributed by atoms with E-state index in [0.717, 1.165) is 36.0 Å². The lowest BCUT2D eigenvalue weighted by Gasteiger charge is -2.25. The average Bonchev–Trinajstić information content (AvgIpc) is 3.23. The van der Waals surface area contributed by atoms with Crippen LogP contribution in [0.25, 0.3) is 0 Å². The normalized spacial score (nSPS) is 14.5. The summed E-state index contributed by atoms with van der Waals surface area (Å²) in [5, 5.41) is 12.6. The summed E-state index contributed by atoms with van der Waals surface area (Å²) in [5.41, 5.74) is 1.08. The van der Waals surface area contributed by atoms with Crippen LogP contribution in [-0.4, -0.2) is 40.8 Å². The van der Waals surface area contributed by atoms with E-state index >= 15 is 0 Å². The second kappa shape index (κ2) is 6.19. The fraction of sp³-hybridized carbons (Fsp3) is 0.714. The van der Waals surface area contributed by atoms with Crippen LogP contribution in [0.4, 0.5) is 11.6 Å². The maximum atomic E-state index is 9.26. The second-order valence-corrected chi connectivity index (χ2v) is 4.97. The van der Waals surface area contributed by atoms with Crippen LogP contribution < -0.4 is 10.2 Å². The van der Waals surface area contributed by atoms with Gasteiger partial charge in [-0.25, -0.2) is 9.97 Å². The maximum Gasteiger partial charge on any atom is 0.137 e. The second-order valence-electron chi connectivity index (χ2n) is 4.97. The summed E-state index contributed by atoms with van der Waals surface area (Å²) in [6, 6.07) is 0.542. The highest BCUT2D eigenvalue weighted by atomic mass is 16.3. The number of rotatable bonds is 7. The number of hydrogen-bond acceptors (Lipinski definition) is 5. The first kappa shape index (κ1) is 14.1. The third-order valence-corrected chi connectivity index (χ3v) is 3.43. The zero-order chi connectivity index (χ0) is 13.8. The fourth-order valence-corrected chi connectivity index (χ4v) is 2.28. The molecule has 0 saturated heterocycles. The Kier molecular flexibility index (Phi) is 4.58. The third kappa shape index (κ3) is 3.15. The Morgan fingerprint density at radius 2 is 2.05 bits per heavy atom. The first-order valence-corrected chi connectivity index (χ1v) is 7.20. The first-order valence-electron chi connectivity index (χ1n) is 7.20. The molecule has 0 aliphatic heterocycles. The van der Waals surface area contributed by atoms with E-state index < -0.39 is 0 Å². The van der Waals surface area contributed by atoms with Gasteiger partial charge < -0.3 is 15.3 Å². The first-order chi connectivity index (χ1) is 9.21. The van der Waals surface area contributed by atoms with Gasteiger partial charge in [0.15, 0.2) is 0 Å². The van der Waals surface area contributed by atoms with Gasteiger partial charge in [-0.3, -0.25) is 0 Å². The lowest BCUT2D eigenvalue weighted by atomic mass is 10.2. The van der Waals surface area contributed by atoms with Crippen molar-refractivity contribution in [1.82, 2.24) is 9.97 Å². The Labute approximate surface area is 115 Å². The molecule has 0 radical (unpaired) electrons. The van der Waals surface area contributed by atoms with Crippen LogP contribution in [-0.2, 0) is 6.42 Å². The molecule has 1 fully saturated rings. The Morgan fingerprint density at radius 3 is 2.58 bits per heavy atom. The molecule has 0 aromatic carbocycles. The van der Waals surface area contributed by atoms with Gasteiger partial charge in [0.25, 0.3) is 0 Å². The molecule has 5 nitrogen and oxygen atoms in total. The maximum absolute atomic E-state index is 9.26. The topological polar surface area (TPSA) is 61.3 Å². The molecule has 106 valence electrons. The molecule has 1 aromatic heterocycles. The molecule has 0 atom stereocenters. The largest absolute Gasteiger partial charge is 0.395 e. The molecule has 5 heteroatoms. The summed E-state index contributed by atoms with van der Waals surface area (Å²) in [4.78, 5) is 11.5. The number of aromatic nitrogens is 2. The SMILES string of the molecule is CCNc1nc(CC)nc(N(CCO)C2CC2)c1C. The van der Waals surface area contributed by atoms with Crippen molar-refractivity contribution in [1.29, 1.82) is 0 Å². The van der Waals surface area contributed by atoms with Crippen molar-refractivity contribution in [2.75, 3.05) is 29.9 Å².